The average molecular weight is 367 g/mol. The number of halogens is 2. The second-order valence-electron chi connectivity index (χ2n) is 5.86. The Balaban J connectivity index is 1.82. The van der Waals surface area contributed by atoms with Crippen LogP contribution in [0.15, 0.2) is 34.3 Å². The maximum atomic E-state index is 12.1. The van der Waals surface area contributed by atoms with E-state index in [1.54, 1.807) is 7.05 Å². The first-order valence-electron chi connectivity index (χ1n) is 8.23. The normalized spacial score (nSPS) is 18.2. The molecule has 0 aromatic heterocycles. The summed E-state index contributed by atoms with van der Waals surface area (Å²) < 4.78 is 28.5. The van der Waals surface area contributed by atoms with Crippen LogP contribution in [0.2, 0.25) is 0 Å². The van der Waals surface area contributed by atoms with E-state index in [1.807, 2.05) is 13.8 Å². The van der Waals surface area contributed by atoms with Crippen molar-refractivity contribution in [2.24, 2.45) is 9.98 Å². The number of ether oxygens (including phenoxy) is 1. The summed E-state index contributed by atoms with van der Waals surface area (Å²) in [6.07, 6.45) is 0.809. The van der Waals surface area contributed by atoms with Crippen LogP contribution >= 0.6 is 0 Å². The Morgan fingerprint density at radius 3 is 2.62 bits per heavy atom. The lowest BCUT2D eigenvalue weighted by molar-refractivity contribution is -0.0498. The van der Waals surface area contributed by atoms with Gasteiger partial charge in [-0.05, 0) is 44.5 Å². The first-order chi connectivity index (χ1) is 12.4. The summed E-state index contributed by atoms with van der Waals surface area (Å²) in [7, 11) is 1.69. The molecule has 1 heterocycles. The molecule has 7 nitrogen and oxygen atoms in total. The number of carbonyl (C=O) groups excluding carboxylic acids is 1. The van der Waals surface area contributed by atoms with E-state index < -0.39 is 6.61 Å². The van der Waals surface area contributed by atoms with Crippen molar-refractivity contribution in [2.45, 2.75) is 32.9 Å². The quantitative estimate of drug-likeness (QED) is 0.634. The third kappa shape index (κ3) is 5.98. The van der Waals surface area contributed by atoms with Crippen LogP contribution in [0, 0.1) is 0 Å². The molecule has 142 valence electrons. The number of carbonyl (C=O) groups is 1. The molecule has 1 fully saturated rings. The smallest absolute Gasteiger partial charge is 0.387 e. The summed E-state index contributed by atoms with van der Waals surface area (Å²) in [4.78, 5) is 22.6. The summed E-state index contributed by atoms with van der Waals surface area (Å²) in [5.74, 6) is 1.61. The number of likely N-dealkylation sites (tertiary alicyclic amines) is 1. The van der Waals surface area contributed by atoms with Crippen LogP contribution in [0.3, 0.4) is 0 Å². The molecule has 1 aromatic carbocycles. The summed E-state index contributed by atoms with van der Waals surface area (Å²) in [5.41, 5.74) is 0.492. The number of anilines is 1. The lowest BCUT2D eigenvalue weighted by atomic mass is 10.2. The van der Waals surface area contributed by atoms with Crippen molar-refractivity contribution in [1.29, 1.82) is 0 Å². The number of nitrogens with zero attached hydrogens (tertiary/aromatic N) is 3. The number of nitrogens with one attached hydrogen (secondary N) is 2. The molecule has 9 heteroatoms. The van der Waals surface area contributed by atoms with Gasteiger partial charge >= 0.3 is 12.6 Å². The maximum Gasteiger partial charge on any atom is 0.387 e. The second kappa shape index (κ2) is 9.12. The fourth-order valence-electron chi connectivity index (χ4n) is 2.60. The molecule has 1 saturated heterocycles. The van der Waals surface area contributed by atoms with Crippen LogP contribution in [-0.2, 0) is 0 Å². The standard InChI is InChI=1S/C17H23F2N5O2/c1-11(20-3)21-12(2)24-9-8-14(10-24)23-17(25)22-13-4-6-15(7-5-13)26-16(18)19/h4-7,14,16H,8-10H2,1-3H3,(H2,22,23,25). The Kier molecular flexibility index (Phi) is 6.88. The minimum absolute atomic E-state index is 0.000427. The summed E-state index contributed by atoms with van der Waals surface area (Å²) in [6, 6.07) is 5.40. The lowest BCUT2D eigenvalue weighted by Crippen LogP contribution is -2.40. The highest BCUT2D eigenvalue weighted by atomic mass is 19.3. The van der Waals surface area contributed by atoms with Crippen molar-refractivity contribution in [3.63, 3.8) is 0 Å². The van der Waals surface area contributed by atoms with Gasteiger partial charge in [-0.15, -0.1) is 0 Å². The first kappa shape index (κ1) is 19.6. The van der Waals surface area contributed by atoms with Crippen LogP contribution < -0.4 is 15.4 Å². The molecule has 0 saturated carbocycles. The van der Waals surface area contributed by atoms with Gasteiger partial charge in [-0.1, -0.05) is 0 Å². The largest absolute Gasteiger partial charge is 0.435 e. The van der Waals surface area contributed by atoms with E-state index in [-0.39, 0.29) is 17.8 Å². The third-order valence-electron chi connectivity index (χ3n) is 3.97. The van der Waals surface area contributed by atoms with Gasteiger partial charge in [0.2, 0.25) is 0 Å². The van der Waals surface area contributed by atoms with E-state index in [0.29, 0.717) is 18.1 Å². The highest BCUT2D eigenvalue weighted by Gasteiger charge is 2.24. The zero-order valence-electron chi connectivity index (χ0n) is 15.0. The molecule has 2 rings (SSSR count). The second-order valence-corrected chi connectivity index (χ2v) is 5.86. The van der Waals surface area contributed by atoms with Gasteiger partial charge in [0.15, 0.2) is 0 Å². The molecule has 1 aromatic rings. The number of aliphatic imine (C=N–C) groups is 2. The lowest BCUT2D eigenvalue weighted by Gasteiger charge is -2.18. The van der Waals surface area contributed by atoms with Crippen molar-refractivity contribution >= 4 is 23.4 Å². The molecule has 2 N–H and O–H groups in total. The molecule has 1 atom stereocenters. The zero-order valence-corrected chi connectivity index (χ0v) is 15.0. The van der Waals surface area contributed by atoms with E-state index in [4.69, 9.17) is 0 Å². The summed E-state index contributed by atoms with van der Waals surface area (Å²) in [6.45, 7) is 2.35. The minimum Gasteiger partial charge on any atom is -0.435 e. The SMILES string of the molecule is CN=C(C)N=C(C)N1CCC(NC(=O)Nc2ccc(OC(F)F)cc2)C1. The van der Waals surface area contributed by atoms with Gasteiger partial charge in [0, 0.05) is 31.9 Å². The van der Waals surface area contributed by atoms with Crippen molar-refractivity contribution in [2.75, 3.05) is 25.5 Å². The number of hydrogen-bond acceptors (Lipinski definition) is 3. The van der Waals surface area contributed by atoms with E-state index in [1.165, 1.54) is 24.3 Å². The van der Waals surface area contributed by atoms with Gasteiger partial charge in [0.25, 0.3) is 0 Å². The molecule has 1 aliphatic heterocycles. The van der Waals surface area contributed by atoms with Gasteiger partial charge in [-0.3, -0.25) is 4.99 Å². The van der Waals surface area contributed by atoms with Crippen molar-refractivity contribution < 1.29 is 18.3 Å². The fourth-order valence-corrected chi connectivity index (χ4v) is 2.60. The van der Waals surface area contributed by atoms with Gasteiger partial charge in [0.1, 0.15) is 17.4 Å². The van der Waals surface area contributed by atoms with Crippen LogP contribution in [0.5, 0.6) is 5.75 Å². The van der Waals surface area contributed by atoms with Crippen molar-refractivity contribution in [1.82, 2.24) is 10.2 Å². The molecule has 2 amide bonds. The fraction of sp³-hybridized carbons (Fsp3) is 0.471. The molecule has 0 radical (unpaired) electrons. The number of amidine groups is 2. The van der Waals surface area contributed by atoms with Crippen molar-refractivity contribution in [3.8, 4) is 5.75 Å². The Morgan fingerprint density at radius 1 is 1.31 bits per heavy atom. The number of urea groups is 1. The number of alkyl halides is 2. The highest BCUT2D eigenvalue weighted by molar-refractivity contribution is 5.95. The van der Waals surface area contributed by atoms with Crippen LogP contribution in [0.4, 0.5) is 19.3 Å². The topological polar surface area (TPSA) is 78.3 Å². The first-order valence-corrected chi connectivity index (χ1v) is 8.23. The molecule has 0 bridgehead atoms. The Morgan fingerprint density at radius 2 is 2.00 bits per heavy atom. The maximum absolute atomic E-state index is 12.1. The Bertz CT molecular complexity index is 676. The molecule has 0 spiro atoms. The molecule has 26 heavy (non-hydrogen) atoms. The monoisotopic (exact) mass is 367 g/mol. The van der Waals surface area contributed by atoms with Gasteiger partial charge in [-0.2, -0.15) is 8.78 Å². The van der Waals surface area contributed by atoms with Gasteiger partial charge < -0.3 is 20.3 Å². The van der Waals surface area contributed by atoms with E-state index in [9.17, 15) is 13.6 Å². The van der Waals surface area contributed by atoms with E-state index >= 15 is 0 Å². The molecular formula is C17H23F2N5O2. The zero-order chi connectivity index (χ0) is 19.1. The Hall–Kier alpha value is -2.71. The molecular weight excluding hydrogens is 344 g/mol. The molecule has 1 aliphatic rings. The summed E-state index contributed by atoms with van der Waals surface area (Å²) in [5, 5.41) is 5.57. The highest BCUT2D eigenvalue weighted by Crippen LogP contribution is 2.18. The predicted octanol–water partition coefficient (Wildman–Crippen LogP) is 2.95. The number of hydrogen-bond donors (Lipinski definition) is 2. The van der Waals surface area contributed by atoms with E-state index in [0.717, 1.165) is 18.8 Å². The molecule has 0 aliphatic carbocycles. The van der Waals surface area contributed by atoms with Crippen LogP contribution in [0.1, 0.15) is 20.3 Å². The predicted molar refractivity (Wildman–Crippen MR) is 97.3 cm³/mol. The number of amides is 2. The van der Waals surface area contributed by atoms with Crippen LogP contribution in [-0.4, -0.2) is 55.4 Å². The minimum atomic E-state index is -2.87. The summed E-state index contributed by atoms with van der Waals surface area (Å²) >= 11 is 0. The average Bonchev–Trinajstić information content (AvgIpc) is 3.04. The third-order valence-corrected chi connectivity index (χ3v) is 3.97. The number of rotatable bonds is 4. The van der Waals surface area contributed by atoms with E-state index in [2.05, 4.69) is 30.3 Å². The van der Waals surface area contributed by atoms with Crippen molar-refractivity contribution in [3.05, 3.63) is 24.3 Å². The van der Waals surface area contributed by atoms with Crippen LogP contribution in [0.25, 0.3) is 0 Å². The Labute approximate surface area is 151 Å². The van der Waals surface area contributed by atoms with Gasteiger partial charge in [0.05, 0.1) is 0 Å². The van der Waals surface area contributed by atoms with Gasteiger partial charge in [-0.25, -0.2) is 9.79 Å². The molecule has 1 unspecified atom stereocenters. The number of benzene rings is 1.